The normalized spacial score (nSPS) is 43.1. The van der Waals surface area contributed by atoms with E-state index in [4.69, 9.17) is 16.3 Å². The lowest BCUT2D eigenvalue weighted by atomic mass is 9.44. The number of halogens is 2. The number of carbonyl (C=O) groups is 1. The van der Waals surface area contributed by atoms with E-state index in [9.17, 15) is 4.79 Å². The van der Waals surface area contributed by atoms with Crippen molar-refractivity contribution in [2.75, 3.05) is 0 Å². The Morgan fingerprint density at radius 2 is 2.00 bits per heavy atom. The lowest BCUT2D eigenvalue weighted by Gasteiger charge is -2.67. The SMILES string of the molecule is C[C@H]1CC[C@H]2C(C)(C)[C@@H](Br)[C@H](Cl)C[C@]23Oc2c(ccc4c2CNC4=O)C[C@]13C. The predicted molar refractivity (Wildman–Crippen MR) is 115 cm³/mol. The minimum atomic E-state index is -0.293. The van der Waals surface area contributed by atoms with Gasteiger partial charge in [0.2, 0.25) is 0 Å². The van der Waals surface area contributed by atoms with E-state index in [2.05, 4.69) is 55.0 Å². The van der Waals surface area contributed by atoms with Crippen LogP contribution in [0.4, 0.5) is 0 Å². The van der Waals surface area contributed by atoms with Crippen LogP contribution >= 0.6 is 27.5 Å². The van der Waals surface area contributed by atoms with E-state index in [-0.39, 0.29) is 32.5 Å². The third-order valence-electron chi connectivity index (χ3n) is 8.78. The molecule has 2 aliphatic carbocycles. The molecule has 28 heavy (non-hydrogen) atoms. The van der Waals surface area contributed by atoms with Crippen LogP contribution in [0, 0.1) is 22.7 Å². The molecule has 2 saturated carbocycles. The average Bonchev–Trinajstić information content (AvgIpc) is 3.01. The van der Waals surface area contributed by atoms with Gasteiger partial charge >= 0.3 is 0 Å². The molecule has 0 bridgehead atoms. The van der Waals surface area contributed by atoms with Crippen LogP contribution < -0.4 is 10.1 Å². The molecular weight excluding hydrogens is 438 g/mol. The largest absolute Gasteiger partial charge is 0.486 e. The minimum absolute atomic E-state index is 0.0144. The zero-order valence-corrected chi connectivity index (χ0v) is 19.4. The van der Waals surface area contributed by atoms with E-state index in [1.54, 1.807) is 0 Å². The first kappa shape index (κ1) is 19.2. The number of benzene rings is 1. The third kappa shape index (κ3) is 2.20. The molecule has 152 valence electrons. The first-order valence-corrected chi connectivity index (χ1v) is 11.9. The van der Waals surface area contributed by atoms with Crippen molar-refractivity contribution in [3.63, 3.8) is 0 Å². The van der Waals surface area contributed by atoms with Crippen LogP contribution in [0.3, 0.4) is 0 Å². The monoisotopic (exact) mass is 465 g/mol. The standard InChI is InChI=1S/C23H29BrClNO2/c1-12-5-8-17-21(2,3)19(24)16(25)10-23(17)22(12,4)9-13-6-7-14-15(18(13)28-23)11-26-20(14)27/h6-7,12,16-17,19H,5,8-11H2,1-4H3,(H,26,27)/t12-,16+,17-,19-,22+,23-/m0/s1. The van der Waals surface area contributed by atoms with Gasteiger partial charge in [0.25, 0.3) is 5.91 Å². The van der Waals surface area contributed by atoms with Crippen LogP contribution in [-0.2, 0) is 13.0 Å². The highest BCUT2D eigenvalue weighted by Gasteiger charge is 2.69. The second kappa shape index (κ2) is 5.91. The van der Waals surface area contributed by atoms with Crippen LogP contribution in [0.15, 0.2) is 12.1 Å². The van der Waals surface area contributed by atoms with E-state index in [0.717, 1.165) is 36.1 Å². The van der Waals surface area contributed by atoms with Crippen LogP contribution in [0.5, 0.6) is 5.75 Å². The lowest BCUT2D eigenvalue weighted by Crippen LogP contribution is -2.71. The van der Waals surface area contributed by atoms with Crippen LogP contribution in [-0.4, -0.2) is 21.7 Å². The summed E-state index contributed by atoms with van der Waals surface area (Å²) in [6.45, 7) is 10.1. The smallest absolute Gasteiger partial charge is 0.252 e. The quantitative estimate of drug-likeness (QED) is 0.516. The van der Waals surface area contributed by atoms with Gasteiger partial charge in [0, 0.05) is 40.3 Å². The highest BCUT2D eigenvalue weighted by atomic mass is 79.9. The first-order valence-electron chi connectivity index (χ1n) is 10.5. The van der Waals surface area contributed by atoms with E-state index in [1.807, 2.05) is 6.07 Å². The van der Waals surface area contributed by atoms with Crippen molar-refractivity contribution in [1.82, 2.24) is 5.32 Å². The summed E-state index contributed by atoms with van der Waals surface area (Å²) in [5.41, 5.74) is 2.84. The molecule has 1 N–H and O–H groups in total. The summed E-state index contributed by atoms with van der Waals surface area (Å²) in [6.07, 6.45) is 4.23. The minimum Gasteiger partial charge on any atom is -0.486 e. The Morgan fingerprint density at radius 3 is 2.75 bits per heavy atom. The van der Waals surface area contributed by atoms with Crippen molar-refractivity contribution in [2.45, 2.75) is 75.7 Å². The predicted octanol–water partition coefficient (Wildman–Crippen LogP) is 5.46. The Kier molecular flexibility index (Phi) is 4.06. The average molecular weight is 467 g/mol. The summed E-state index contributed by atoms with van der Waals surface area (Å²) in [5.74, 6) is 1.96. The van der Waals surface area contributed by atoms with Crippen molar-refractivity contribution >= 4 is 33.4 Å². The van der Waals surface area contributed by atoms with Gasteiger partial charge in [-0.1, -0.05) is 49.7 Å². The second-order valence-corrected chi connectivity index (χ2v) is 11.9. The van der Waals surface area contributed by atoms with E-state index < -0.39 is 0 Å². The maximum Gasteiger partial charge on any atom is 0.252 e. The molecule has 6 atom stereocenters. The molecule has 1 aromatic carbocycles. The van der Waals surface area contributed by atoms with Crippen molar-refractivity contribution in [3.05, 3.63) is 28.8 Å². The number of amides is 1. The zero-order chi connectivity index (χ0) is 20.1. The molecule has 1 amide bonds. The van der Waals surface area contributed by atoms with E-state index in [0.29, 0.717) is 18.4 Å². The van der Waals surface area contributed by atoms with E-state index >= 15 is 0 Å². The molecule has 0 unspecified atom stereocenters. The second-order valence-electron chi connectivity index (χ2n) is 10.3. The van der Waals surface area contributed by atoms with Gasteiger partial charge in [-0.25, -0.2) is 0 Å². The maximum atomic E-state index is 12.2. The molecule has 2 heterocycles. The van der Waals surface area contributed by atoms with Gasteiger partial charge < -0.3 is 10.1 Å². The van der Waals surface area contributed by atoms with E-state index in [1.165, 1.54) is 12.0 Å². The highest BCUT2D eigenvalue weighted by Crippen LogP contribution is 2.67. The molecule has 1 aromatic rings. The summed E-state index contributed by atoms with van der Waals surface area (Å²) >= 11 is 10.9. The van der Waals surface area contributed by atoms with Crippen LogP contribution in [0.1, 0.15) is 68.4 Å². The number of nitrogens with one attached hydrogen (secondary N) is 1. The van der Waals surface area contributed by atoms with Gasteiger partial charge in [-0.15, -0.1) is 11.6 Å². The van der Waals surface area contributed by atoms with Crippen LogP contribution in [0.2, 0.25) is 0 Å². The van der Waals surface area contributed by atoms with Crippen molar-refractivity contribution in [3.8, 4) is 5.75 Å². The molecule has 0 aromatic heterocycles. The van der Waals surface area contributed by atoms with Gasteiger partial charge in [-0.05, 0) is 42.2 Å². The molecule has 2 fully saturated rings. The number of hydrogen-bond donors (Lipinski definition) is 1. The highest BCUT2D eigenvalue weighted by molar-refractivity contribution is 9.09. The summed E-state index contributed by atoms with van der Waals surface area (Å²) in [6, 6.07) is 4.10. The summed E-state index contributed by atoms with van der Waals surface area (Å²) in [7, 11) is 0. The number of ether oxygens (including phenoxy) is 1. The fourth-order valence-corrected chi connectivity index (χ4v) is 7.97. The third-order valence-corrected chi connectivity index (χ3v) is 11.3. The Hall–Kier alpha value is -0.740. The fourth-order valence-electron chi connectivity index (χ4n) is 6.91. The Labute approximate surface area is 181 Å². The summed E-state index contributed by atoms with van der Waals surface area (Å²) in [4.78, 5) is 12.5. The Balaban J connectivity index is 1.72. The molecule has 1 spiro atoms. The van der Waals surface area contributed by atoms with Gasteiger partial charge in [-0.2, -0.15) is 0 Å². The number of hydrogen-bond acceptors (Lipinski definition) is 2. The van der Waals surface area contributed by atoms with Crippen molar-refractivity contribution in [2.24, 2.45) is 22.7 Å². The van der Waals surface area contributed by atoms with Crippen LogP contribution in [0.25, 0.3) is 0 Å². The molecule has 0 radical (unpaired) electrons. The number of fused-ring (bicyclic) bond motifs is 3. The molecule has 0 saturated heterocycles. The summed E-state index contributed by atoms with van der Waals surface area (Å²) in [5, 5.41) is 3.00. The Bertz CT molecular complexity index is 870. The summed E-state index contributed by atoms with van der Waals surface area (Å²) < 4.78 is 7.15. The first-order chi connectivity index (χ1) is 13.1. The molecule has 5 heteroatoms. The number of alkyl halides is 2. The van der Waals surface area contributed by atoms with Gasteiger partial charge in [-0.3, -0.25) is 4.79 Å². The number of rotatable bonds is 0. The van der Waals surface area contributed by atoms with Gasteiger partial charge in [0.15, 0.2) is 0 Å². The molecule has 2 aliphatic heterocycles. The molecular formula is C23H29BrClNO2. The number of carbonyl (C=O) groups excluding carboxylic acids is 1. The van der Waals surface area contributed by atoms with Crippen molar-refractivity contribution in [1.29, 1.82) is 0 Å². The maximum absolute atomic E-state index is 12.2. The topological polar surface area (TPSA) is 38.3 Å². The lowest BCUT2D eigenvalue weighted by molar-refractivity contribution is -0.207. The Morgan fingerprint density at radius 1 is 1.25 bits per heavy atom. The van der Waals surface area contributed by atoms with Gasteiger partial charge in [0.1, 0.15) is 11.4 Å². The van der Waals surface area contributed by atoms with Crippen molar-refractivity contribution < 1.29 is 9.53 Å². The molecule has 5 rings (SSSR count). The fraction of sp³-hybridized carbons (Fsp3) is 0.696. The molecule has 4 aliphatic rings. The molecule has 3 nitrogen and oxygen atoms in total. The van der Waals surface area contributed by atoms with Gasteiger partial charge in [0.05, 0.1) is 5.38 Å². The zero-order valence-electron chi connectivity index (χ0n) is 17.1.